The third-order valence-electron chi connectivity index (χ3n) is 2.51. The fourth-order valence-corrected chi connectivity index (χ4v) is 2.16. The molecule has 1 amide bonds. The highest BCUT2D eigenvalue weighted by molar-refractivity contribution is 14.1. The first-order chi connectivity index (χ1) is 9.69. The minimum Gasteiger partial charge on any atom is -0.483 e. The lowest BCUT2D eigenvalue weighted by atomic mass is 10.2. The molecule has 20 heavy (non-hydrogen) atoms. The van der Waals surface area contributed by atoms with E-state index in [0.29, 0.717) is 23.3 Å². The third kappa shape index (κ3) is 4.06. The fourth-order valence-electron chi connectivity index (χ4n) is 1.62. The number of rotatable bonds is 5. The smallest absolute Gasteiger partial charge is 0.262 e. The van der Waals surface area contributed by atoms with Crippen molar-refractivity contribution in [2.45, 2.75) is 0 Å². The number of hydrogen-bond donors (Lipinski definition) is 1. The van der Waals surface area contributed by atoms with Gasteiger partial charge in [-0.05, 0) is 52.9 Å². The van der Waals surface area contributed by atoms with Crippen LogP contribution in [0.3, 0.4) is 0 Å². The Morgan fingerprint density at radius 2 is 2.00 bits per heavy atom. The van der Waals surface area contributed by atoms with Crippen molar-refractivity contribution in [2.24, 2.45) is 0 Å². The van der Waals surface area contributed by atoms with Crippen LogP contribution < -0.4 is 10.1 Å². The molecule has 0 fully saturated rings. The molecule has 0 heterocycles. The van der Waals surface area contributed by atoms with Gasteiger partial charge in [0.05, 0.1) is 5.56 Å². The van der Waals surface area contributed by atoms with Crippen molar-refractivity contribution >= 4 is 40.5 Å². The van der Waals surface area contributed by atoms with Crippen LogP contribution in [0.1, 0.15) is 10.4 Å². The Labute approximate surface area is 130 Å². The second-order valence-corrected chi connectivity index (χ2v) is 5.25. The largest absolute Gasteiger partial charge is 0.483 e. The molecule has 0 saturated carbocycles. The standard InChI is InChI=1S/C15H12INO3/c16-12-5-3-6-13(8-12)17-15(19)10-20-14-7-2-1-4-11(14)9-18/h1-9H,10H2,(H,17,19). The van der Waals surface area contributed by atoms with E-state index in [2.05, 4.69) is 27.9 Å². The van der Waals surface area contributed by atoms with E-state index in [1.165, 1.54) is 0 Å². The first-order valence-corrected chi connectivity index (χ1v) is 6.99. The van der Waals surface area contributed by atoms with Crippen molar-refractivity contribution in [3.63, 3.8) is 0 Å². The van der Waals surface area contributed by atoms with Crippen molar-refractivity contribution < 1.29 is 14.3 Å². The van der Waals surface area contributed by atoms with Gasteiger partial charge in [-0.1, -0.05) is 18.2 Å². The number of carbonyl (C=O) groups excluding carboxylic acids is 2. The van der Waals surface area contributed by atoms with Crippen molar-refractivity contribution in [3.8, 4) is 5.75 Å². The highest BCUT2D eigenvalue weighted by Gasteiger charge is 2.06. The number of amides is 1. The zero-order chi connectivity index (χ0) is 14.4. The van der Waals surface area contributed by atoms with E-state index in [1.807, 2.05) is 18.2 Å². The minimum absolute atomic E-state index is 0.143. The Morgan fingerprint density at radius 3 is 2.75 bits per heavy atom. The summed E-state index contributed by atoms with van der Waals surface area (Å²) in [6.07, 6.45) is 0.701. The minimum atomic E-state index is -0.271. The molecular weight excluding hydrogens is 369 g/mol. The summed E-state index contributed by atoms with van der Waals surface area (Å²) in [5.74, 6) is 0.132. The molecule has 0 radical (unpaired) electrons. The van der Waals surface area contributed by atoms with Crippen molar-refractivity contribution in [1.82, 2.24) is 0 Å². The monoisotopic (exact) mass is 381 g/mol. The van der Waals surface area contributed by atoms with Gasteiger partial charge >= 0.3 is 0 Å². The van der Waals surface area contributed by atoms with Gasteiger partial charge in [0.1, 0.15) is 5.75 Å². The number of anilines is 1. The highest BCUT2D eigenvalue weighted by atomic mass is 127. The van der Waals surface area contributed by atoms with E-state index < -0.39 is 0 Å². The first kappa shape index (κ1) is 14.5. The Kier molecular flexibility index (Phi) is 5.11. The molecule has 0 aliphatic heterocycles. The maximum absolute atomic E-state index is 11.8. The number of benzene rings is 2. The maximum atomic E-state index is 11.8. The van der Waals surface area contributed by atoms with Crippen LogP contribution in [0.15, 0.2) is 48.5 Å². The molecule has 1 N–H and O–H groups in total. The van der Waals surface area contributed by atoms with Crippen LogP contribution in [0, 0.1) is 3.57 Å². The van der Waals surface area contributed by atoms with Gasteiger partial charge in [-0.3, -0.25) is 9.59 Å². The first-order valence-electron chi connectivity index (χ1n) is 5.91. The van der Waals surface area contributed by atoms with E-state index in [4.69, 9.17) is 4.74 Å². The Balaban J connectivity index is 1.94. The molecule has 0 bridgehead atoms. The van der Waals surface area contributed by atoms with Crippen LogP contribution >= 0.6 is 22.6 Å². The predicted octanol–water partition coefficient (Wildman–Crippen LogP) is 3.12. The molecule has 2 aromatic carbocycles. The van der Waals surface area contributed by atoms with Gasteiger partial charge in [-0.15, -0.1) is 0 Å². The third-order valence-corrected chi connectivity index (χ3v) is 3.18. The van der Waals surface area contributed by atoms with Gasteiger partial charge in [0.25, 0.3) is 5.91 Å². The summed E-state index contributed by atoms with van der Waals surface area (Å²) in [5, 5.41) is 2.73. The summed E-state index contributed by atoms with van der Waals surface area (Å²) < 4.78 is 6.38. The molecule has 0 spiro atoms. The highest BCUT2D eigenvalue weighted by Crippen LogP contribution is 2.16. The average Bonchev–Trinajstić information content (AvgIpc) is 2.45. The van der Waals surface area contributed by atoms with Crippen LogP contribution in [0.2, 0.25) is 0 Å². The van der Waals surface area contributed by atoms with E-state index >= 15 is 0 Å². The van der Waals surface area contributed by atoms with Gasteiger partial charge < -0.3 is 10.1 Å². The van der Waals surface area contributed by atoms with Crippen LogP contribution in [0.5, 0.6) is 5.75 Å². The van der Waals surface area contributed by atoms with E-state index in [1.54, 1.807) is 30.3 Å². The molecule has 0 aromatic heterocycles. The molecule has 0 aliphatic carbocycles. The van der Waals surface area contributed by atoms with E-state index in [0.717, 1.165) is 3.57 Å². The van der Waals surface area contributed by atoms with Gasteiger partial charge in [-0.2, -0.15) is 0 Å². The van der Waals surface area contributed by atoms with Crippen molar-refractivity contribution in [2.75, 3.05) is 11.9 Å². The molecule has 5 heteroatoms. The van der Waals surface area contributed by atoms with Crippen LogP contribution in [0.4, 0.5) is 5.69 Å². The normalized spacial score (nSPS) is 9.85. The Hall–Kier alpha value is -1.89. The molecule has 4 nitrogen and oxygen atoms in total. The number of para-hydroxylation sites is 1. The predicted molar refractivity (Wildman–Crippen MR) is 85.1 cm³/mol. The molecular formula is C15H12INO3. The molecule has 102 valence electrons. The maximum Gasteiger partial charge on any atom is 0.262 e. The summed E-state index contributed by atoms with van der Waals surface area (Å²) in [6.45, 7) is -0.143. The molecule has 2 aromatic rings. The van der Waals surface area contributed by atoms with Gasteiger partial charge in [0.15, 0.2) is 12.9 Å². The lowest BCUT2D eigenvalue weighted by molar-refractivity contribution is -0.118. The fraction of sp³-hybridized carbons (Fsp3) is 0.0667. The molecule has 0 aliphatic rings. The summed E-state index contributed by atoms with van der Waals surface area (Å²) in [6, 6.07) is 14.2. The second kappa shape index (κ2) is 7.04. The zero-order valence-electron chi connectivity index (χ0n) is 10.5. The van der Waals surface area contributed by atoms with Crippen LogP contribution in [-0.4, -0.2) is 18.8 Å². The van der Waals surface area contributed by atoms with Crippen LogP contribution in [-0.2, 0) is 4.79 Å². The summed E-state index contributed by atoms with van der Waals surface area (Å²) in [4.78, 5) is 22.6. The van der Waals surface area contributed by atoms with E-state index in [9.17, 15) is 9.59 Å². The van der Waals surface area contributed by atoms with Gasteiger partial charge in [0, 0.05) is 9.26 Å². The van der Waals surface area contributed by atoms with Gasteiger partial charge in [0.2, 0.25) is 0 Å². The number of ether oxygens (including phenoxy) is 1. The quantitative estimate of drug-likeness (QED) is 0.640. The Bertz CT molecular complexity index is 628. The zero-order valence-corrected chi connectivity index (χ0v) is 12.7. The summed E-state index contributed by atoms with van der Waals surface area (Å²) in [5.41, 5.74) is 1.14. The Morgan fingerprint density at radius 1 is 1.20 bits per heavy atom. The topological polar surface area (TPSA) is 55.4 Å². The van der Waals surface area contributed by atoms with Crippen LogP contribution in [0.25, 0.3) is 0 Å². The lowest BCUT2D eigenvalue weighted by Gasteiger charge is -2.09. The second-order valence-electron chi connectivity index (χ2n) is 4.00. The molecule has 0 unspecified atom stereocenters. The molecule has 0 saturated heterocycles. The average molecular weight is 381 g/mol. The molecule has 2 rings (SSSR count). The van der Waals surface area contributed by atoms with Gasteiger partial charge in [-0.25, -0.2) is 0 Å². The number of hydrogen-bond acceptors (Lipinski definition) is 3. The SMILES string of the molecule is O=Cc1ccccc1OCC(=O)Nc1cccc(I)c1. The number of halogens is 1. The summed E-state index contributed by atoms with van der Waals surface area (Å²) in [7, 11) is 0. The number of aldehydes is 1. The van der Waals surface area contributed by atoms with Crippen molar-refractivity contribution in [3.05, 3.63) is 57.7 Å². The summed E-state index contributed by atoms with van der Waals surface area (Å²) >= 11 is 2.17. The number of carbonyl (C=O) groups is 2. The van der Waals surface area contributed by atoms with E-state index in [-0.39, 0.29) is 12.5 Å². The molecule has 0 atom stereocenters. The number of nitrogens with one attached hydrogen (secondary N) is 1. The lowest BCUT2D eigenvalue weighted by Crippen LogP contribution is -2.20. The van der Waals surface area contributed by atoms with Crippen molar-refractivity contribution in [1.29, 1.82) is 0 Å².